The molecule has 0 unspecified atom stereocenters. The summed E-state index contributed by atoms with van der Waals surface area (Å²) in [5.74, 6) is -0.599. The summed E-state index contributed by atoms with van der Waals surface area (Å²) in [6.07, 6.45) is -2.03. The number of alkyl halides is 3. The Balaban J connectivity index is 1.93. The molecule has 3 atom stereocenters. The second-order valence-corrected chi connectivity index (χ2v) is 6.40. The molecule has 0 aliphatic rings. The molecule has 1 N–H and O–H groups in total. The molecule has 146 valence electrons. The third kappa shape index (κ3) is 6.23. The summed E-state index contributed by atoms with van der Waals surface area (Å²) in [5.41, 5.74) is 1.50. The largest absolute Gasteiger partial charge is 0.467 e. The van der Waals surface area contributed by atoms with E-state index in [2.05, 4.69) is 20.0 Å². The fraction of sp³-hybridized carbons (Fsp3) is 0.421. The predicted molar refractivity (Wildman–Crippen MR) is 94.2 cm³/mol. The molecule has 1 aromatic carbocycles. The summed E-state index contributed by atoms with van der Waals surface area (Å²) >= 11 is 0. The Kier molecular flexibility index (Phi) is 6.76. The molecule has 8 heteroatoms. The average Bonchev–Trinajstić information content (AvgIpc) is 2.65. The molecular weight excluding hydrogens is 359 g/mol. The lowest BCUT2D eigenvalue weighted by molar-refractivity contribution is -0.154. The van der Waals surface area contributed by atoms with Gasteiger partial charge in [0.15, 0.2) is 6.61 Å². The Morgan fingerprint density at radius 1 is 1.11 bits per heavy atom. The maximum Gasteiger partial charge on any atom is 0.422 e. The van der Waals surface area contributed by atoms with E-state index in [1.165, 1.54) is 6.20 Å². The van der Waals surface area contributed by atoms with Crippen LogP contribution in [0.3, 0.4) is 0 Å². The standard InChI is InChI=1S/C19H22F3N3O2/c1-12(15-7-5-4-6-8-15)13(2)18(26)25-14(3)16-9-24-17(10-23-16)27-11-19(20,21)22/h4-10,12-14H,11H2,1-3H3,(H,25,26)/t12-,13-,14-/m1/s1. The first-order chi connectivity index (χ1) is 12.7. The van der Waals surface area contributed by atoms with Crippen LogP contribution in [0, 0.1) is 5.92 Å². The molecule has 0 aliphatic heterocycles. The number of benzene rings is 1. The van der Waals surface area contributed by atoms with E-state index in [1.807, 2.05) is 44.2 Å². The molecule has 0 aliphatic carbocycles. The molecule has 1 heterocycles. The first-order valence-electron chi connectivity index (χ1n) is 8.54. The third-order valence-electron chi connectivity index (χ3n) is 4.32. The number of nitrogens with zero attached hydrogens (tertiary/aromatic N) is 2. The van der Waals surface area contributed by atoms with Crippen molar-refractivity contribution >= 4 is 5.91 Å². The highest BCUT2D eigenvalue weighted by atomic mass is 19.4. The number of aromatic nitrogens is 2. The molecule has 2 rings (SSSR count). The van der Waals surface area contributed by atoms with Crippen LogP contribution in [0.5, 0.6) is 5.88 Å². The number of ether oxygens (including phenoxy) is 1. The molecule has 0 radical (unpaired) electrons. The second-order valence-electron chi connectivity index (χ2n) is 6.40. The average molecular weight is 381 g/mol. The summed E-state index contributed by atoms with van der Waals surface area (Å²) in [7, 11) is 0. The van der Waals surface area contributed by atoms with E-state index in [9.17, 15) is 18.0 Å². The molecule has 0 saturated heterocycles. The maximum atomic E-state index is 12.5. The van der Waals surface area contributed by atoms with E-state index in [-0.39, 0.29) is 23.6 Å². The minimum Gasteiger partial charge on any atom is -0.467 e. The molecule has 0 spiro atoms. The van der Waals surface area contributed by atoms with Gasteiger partial charge in [-0.2, -0.15) is 13.2 Å². The normalized spacial score (nSPS) is 14.9. The number of hydrogen-bond acceptors (Lipinski definition) is 4. The topological polar surface area (TPSA) is 64.1 Å². The number of halogens is 3. The van der Waals surface area contributed by atoms with E-state index in [4.69, 9.17) is 0 Å². The molecule has 5 nitrogen and oxygen atoms in total. The van der Waals surface area contributed by atoms with Crippen LogP contribution in [0.15, 0.2) is 42.7 Å². The van der Waals surface area contributed by atoms with Crippen LogP contribution in [-0.2, 0) is 4.79 Å². The van der Waals surface area contributed by atoms with Gasteiger partial charge in [0.25, 0.3) is 0 Å². The van der Waals surface area contributed by atoms with Crippen LogP contribution in [-0.4, -0.2) is 28.7 Å². The Labute approximate surface area is 156 Å². The van der Waals surface area contributed by atoms with Gasteiger partial charge in [-0.1, -0.05) is 44.2 Å². The van der Waals surface area contributed by atoms with Gasteiger partial charge in [0.1, 0.15) is 0 Å². The summed E-state index contributed by atoms with van der Waals surface area (Å²) in [4.78, 5) is 20.3. The van der Waals surface area contributed by atoms with Gasteiger partial charge in [-0.05, 0) is 18.4 Å². The number of carbonyl (C=O) groups is 1. The van der Waals surface area contributed by atoms with Crippen molar-refractivity contribution in [1.82, 2.24) is 15.3 Å². The minimum absolute atomic E-state index is 0.0302. The quantitative estimate of drug-likeness (QED) is 0.786. The molecule has 1 amide bonds. The number of nitrogens with one attached hydrogen (secondary N) is 1. The Morgan fingerprint density at radius 2 is 1.78 bits per heavy atom. The number of hydrogen-bond donors (Lipinski definition) is 1. The van der Waals surface area contributed by atoms with E-state index in [0.29, 0.717) is 5.69 Å². The van der Waals surface area contributed by atoms with Crippen LogP contribution >= 0.6 is 0 Å². The number of carbonyl (C=O) groups excluding carboxylic acids is 1. The predicted octanol–water partition coefficient (Wildman–Crippen LogP) is 4.03. The van der Waals surface area contributed by atoms with Crippen LogP contribution in [0.4, 0.5) is 13.2 Å². The lowest BCUT2D eigenvalue weighted by Crippen LogP contribution is -2.34. The molecule has 1 aromatic heterocycles. The van der Waals surface area contributed by atoms with Crippen molar-refractivity contribution in [3.8, 4) is 5.88 Å². The fourth-order valence-electron chi connectivity index (χ4n) is 2.47. The van der Waals surface area contributed by atoms with E-state index >= 15 is 0 Å². The van der Waals surface area contributed by atoms with Crippen LogP contribution in [0.25, 0.3) is 0 Å². The van der Waals surface area contributed by atoms with Crippen LogP contribution in [0.1, 0.15) is 44.0 Å². The van der Waals surface area contributed by atoms with Gasteiger partial charge in [-0.3, -0.25) is 9.78 Å². The summed E-state index contributed by atoms with van der Waals surface area (Å²) < 4.78 is 40.9. The highest BCUT2D eigenvalue weighted by molar-refractivity contribution is 5.79. The molecule has 27 heavy (non-hydrogen) atoms. The minimum atomic E-state index is -4.44. The zero-order valence-electron chi connectivity index (χ0n) is 15.3. The molecular formula is C19H22F3N3O2. The van der Waals surface area contributed by atoms with Gasteiger partial charge in [0.2, 0.25) is 11.8 Å². The molecule has 0 bridgehead atoms. The first kappa shape index (κ1) is 20.7. The van der Waals surface area contributed by atoms with Gasteiger partial charge in [-0.15, -0.1) is 0 Å². The number of amides is 1. The lowest BCUT2D eigenvalue weighted by Gasteiger charge is -2.22. The van der Waals surface area contributed by atoms with Crippen LogP contribution in [0.2, 0.25) is 0 Å². The second kappa shape index (κ2) is 8.83. The highest BCUT2D eigenvalue weighted by Crippen LogP contribution is 2.25. The fourth-order valence-corrected chi connectivity index (χ4v) is 2.47. The SMILES string of the molecule is C[C@@H](NC(=O)[C@H](C)[C@@H](C)c1ccccc1)c1cnc(OCC(F)(F)F)cn1. The van der Waals surface area contributed by atoms with Crippen LogP contribution < -0.4 is 10.1 Å². The van der Waals surface area contributed by atoms with Crippen molar-refractivity contribution in [3.63, 3.8) is 0 Å². The van der Waals surface area contributed by atoms with Crippen molar-refractivity contribution < 1.29 is 22.7 Å². The van der Waals surface area contributed by atoms with Crippen molar-refractivity contribution in [3.05, 3.63) is 54.0 Å². The van der Waals surface area contributed by atoms with Crippen molar-refractivity contribution in [2.45, 2.75) is 38.9 Å². The Morgan fingerprint density at radius 3 is 2.33 bits per heavy atom. The van der Waals surface area contributed by atoms with Gasteiger partial charge < -0.3 is 10.1 Å². The monoisotopic (exact) mass is 381 g/mol. The molecule has 0 saturated carbocycles. The smallest absolute Gasteiger partial charge is 0.422 e. The Bertz CT molecular complexity index is 736. The zero-order valence-corrected chi connectivity index (χ0v) is 15.3. The lowest BCUT2D eigenvalue weighted by atomic mass is 9.88. The van der Waals surface area contributed by atoms with Crippen molar-refractivity contribution in [1.29, 1.82) is 0 Å². The summed E-state index contributed by atoms with van der Waals surface area (Å²) in [6.45, 7) is 4.14. The molecule has 0 fully saturated rings. The van der Waals surface area contributed by atoms with Crippen molar-refractivity contribution in [2.24, 2.45) is 5.92 Å². The third-order valence-corrected chi connectivity index (χ3v) is 4.32. The van der Waals surface area contributed by atoms with E-state index < -0.39 is 18.8 Å². The van der Waals surface area contributed by atoms with Gasteiger partial charge in [0, 0.05) is 5.92 Å². The maximum absolute atomic E-state index is 12.5. The van der Waals surface area contributed by atoms with Gasteiger partial charge in [0.05, 0.1) is 24.1 Å². The van der Waals surface area contributed by atoms with E-state index in [1.54, 1.807) is 6.92 Å². The summed E-state index contributed by atoms with van der Waals surface area (Å²) in [5, 5.41) is 2.86. The molecule has 2 aromatic rings. The van der Waals surface area contributed by atoms with Crippen molar-refractivity contribution in [2.75, 3.05) is 6.61 Å². The summed E-state index contributed by atoms with van der Waals surface area (Å²) in [6, 6.07) is 9.29. The Hall–Kier alpha value is -2.64. The number of rotatable bonds is 7. The van der Waals surface area contributed by atoms with Gasteiger partial charge in [-0.25, -0.2) is 4.98 Å². The first-order valence-corrected chi connectivity index (χ1v) is 8.54. The zero-order chi connectivity index (χ0) is 20.0. The van der Waals surface area contributed by atoms with E-state index in [0.717, 1.165) is 11.8 Å². The van der Waals surface area contributed by atoms with Gasteiger partial charge >= 0.3 is 6.18 Å². The highest BCUT2D eigenvalue weighted by Gasteiger charge is 2.29.